The first-order valence-electron chi connectivity index (χ1n) is 22.6. The van der Waals surface area contributed by atoms with Crippen molar-refractivity contribution in [1.82, 2.24) is 13.6 Å². The minimum atomic E-state index is -0.536. The van der Waals surface area contributed by atoms with E-state index in [9.17, 15) is 6.85 Å². The van der Waals surface area contributed by atoms with Gasteiger partial charge in [0.1, 0.15) is 11.4 Å². The SMILES string of the molecule is [2H]c1c([2H])c([2H])c(-n2c3ccccc3c3c(-n4c5c([2H])c([2H])c([2H])c([2H])c5c5c([2H])c([N+]6(c7ccccc7)c7ccccc7-c7ccccc76)c([2H])c([2H])c54)cccc32)c([2H])c1[2H]. The van der Waals surface area contributed by atoms with Crippen LogP contribution in [0.2, 0.25) is 0 Å². The van der Waals surface area contributed by atoms with Crippen LogP contribution in [0.1, 0.15) is 16.4 Å². The zero-order valence-electron chi connectivity index (χ0n) is 38.9. The Labute approximate surface area is 312 Å². The number of hydrogen-bond acceptors (Lipinski definition) is 0. The number of aromatic nitrogens is 2. The third-order valence-electron chi connectivity index (χ3n) is 10.1. The van der Waals surface area contributed by atoms with Crippen molar-refractivity contribution < 1.29 is 16.4 Å². The number of para-hydroxylation sites is 6. The summed E-state index contributed by atoms with van der Waals surface area (Å²) in [6.45, 7) is 0. The molecule has 0 fully saturated rings. The van der Waals surface area contributed by atoms with Crippen molar-refractivity contribution in [1.29, 1.82) is 0 Å². The van der Waals surface area contributed by atoms with Crippen LogP contribution in [0, 0.1) is 0 Å². The minimum absolute atomic E-state index is 0.00447. The van der Waals surface area contributed by atoms with Crippen LogP contribution >= 0.6 is 0 Å². The molecule has 1 aliphatic heterocycles. The molecule has 11 rings (SSSR count). The summed E-state index contributed by atoms with van der Waals surface area (Å²) >= 11 is 0. The van der Waals surface area contributed by atoms with E-state index in [0.29, 0.717) is 33.2 Å². The molecule has 3 heterocycles. The predicted molar refractivity (Wildman–Crippen MR) is 214 cm³/mol. The molecule has 0 N–H and O–H groups in total. The molecule has 0 saturated heterocycles. The average Bonchev–Trinajstić information content (AvgIpc) is 3.94. The van der Waals surface area contributed by atoms with Crippen molar-refractivity contribution in [3.05, 3.63) is 194 Å². The van der Waals surface area contributed by atoms with E-state index in [2.05, 4.69) is 0 Å². The highest BCUT2D eigenvalue weighted by molar-refractivity contribution is 6.17. The zero-order valence-corrected chi connectivity index (χ0v) is 26.9. The van der Waals surface area contributed by atoms with Gasteiger partial charge in [-0.2, -0.15) is 4.48 Å². The highest BCUT2D eigenvalue weighted by Crippen LogP contribution is 2.62. The van der Waals surface area contributed by atoms with E-state index in [1.807, 2.05) is 84.9 Å². The molecule has 3 heteroatoms. The lowest BCUT2D eigenvalue weighted by molar-refractivity contribution is 0.722. The second-order valence-corrected chi connectivity index (χ2v) is 12.5. The second kappa shape index (κ2) is 10.7. The van der Waals surface area contributed by atoms with E-state index in [1.54, 1.807) is 45.5 Å². The second-order valence-electron chi connectivity index (χ2n) is 12.5. The maximum Gasteiger partial charge on any atom is 0.156 e. The van der Waals surface area contributed by atoms with Crippen LogP contribution in [0.5, 0.6) is 0 Å². The maximum absolute atomic E-state index is 10.4. The summed E-state index contributed by atoms with van der Waals surface area (Å²) in [7, 11) is 0. The number of quaternary nitrogens is 1. The largest absolute Gasteiger partial charge is 0.309 e. The predicted octanol–water partition coefficient (Wildman–Crippen LogP) is 13.2. The molecule has 0 radical (unpaired) electrons. The van der Waals surface area contributed by atoms with Crippen molar-refractivity contribution >= 4 is 66.4 Å². The van der Waals surface area contributed by atoms with Crippen LogP contribution in [0.3, 0.4) is 0 Å². The van der Waals surface area contributed by atoms with Gasteiger partial charge in [0, 0.05) is 63.6 Å². The fourth-order valence-electron chi connectivity index (χ4n) is 8.11. The number of nitrogens with zero attached hydrogens (tertiary/aromatic N) is 3. The molecule has 0 atom stereocenters. The van der Waals surface area contributed by atoms with Crippen LogP contribution < -0.4 is 4.48 Å². The highest BCUT2D eigenvalue weighted by atomic mass is 15.4. The van der Waals surface area contributed by atoms with Crippen LogP contribution in [0.4, 0.5) is 22.7 Å². The Morgan fingerprint density at radius 1 is 0.412 bits per heavy atom. The van der Waals surface area contributed by atoms with Gasteiger partial charge in [0.2, 0.25) is 0 Å². The van der Waals surface area contributed by atoms with E-state index < -0.39 is 54.4 Å². The van der Waals surface area contributed by atoms with Crippen molar-refractivity contribution in [2.45, 2.75) is 0 Å². The Bertz CT molecular complexity index is 3600. The standard InChI is InChI=1S/C48H32N3/c1-3-16-33(17-4-1)49-42-25-12-8-23-39(42)48-44(49)26-15-27-45(48)50-41-24-11-7-20-36(41)40-32-35(30-31-43(40)50)51(34-18-5-2-6-19-34)46-28-13-9-21-37(46)38-22-10-14-29-47(38)51/h1-32H/q+1/i1D,3D,4D,7D,11D,16D,17D,20D,24D,30D,31D,32D. The Morgan fingerprint density at radius 3 is 1.86 bits per heavy atom. The molecule has 1 aliphatic rings. The van der Waals surface area contributed by atoms with Gasteiger partial charge in [-0.1, -0.05) is 103 Å². The molecule has 0 saturated carbocycles. The van der Waals surface area contributed by atoms with E-state index >= 15 is 0 Å². The Morgan fingerprint density at radius 2 is 1.06 bits per heavy atom. The van der Waals surface area contributed by atoms with E-state index in [-0.39, 0.29) is 55.8 Å². The normalized spacial score (nSPS) is 16.5. The Balaban J connectivity index is 1.35. The van der Waals surface area contributed by atoms with Crippen molar-refractivity contribution in [2.75, 3.05) is 0 Å². The maximum atomic E-state index is 10.4. The Kier molecular flexibility index (Phi) is 3.95. The lowest BCUT2D eigenvalue weighted by Gasteiger charge is -2.34. The van der Waals surface area contributed by atoms with Crippen LogP contribution in [-0.2, 0) is 0 Å². The zero-order chi connectivity index (χ0) is 44.0. The van der Waals surface area contributed by atoms with Gasteiger partial charge in [-0.15, -0.1) is 0 Å². The fourth-order valence-corrected chi connectivity index (χ4v) is 8.11. The first-order chi connectivity index (χ1) is 30.3. The van der Waals surface area contributed by atoms with E-state index in [0.717, 1.165) is 22.5 Å². The van der Waals surface area contributed by atoms with Crippen LogP contribution in [0.15, 0.2) is 194 Å². The molecular formula is C48H32N3+. The van der Waals surface area contributed by atoms with Gasteiger partial charge in [0.25, 0.3) is 0 Å². The molecule has 51 heavy (non-hydrogen) atoms. The molecule has 0 amide bonds. The van der Waals surface area contributed by atoms with E-state index in [4.69, 9.17) is 9.60 Å². The fraction of sp³-hybridized carbons (Fsp3) is 0. The lowest BCUT2D eigenvalue weighted by Crippen LogP contribution is -2.31. The third-order valence-corrected chi connectivity index (χ3v) is 10.1. The lowest BCUT2D eigenvalue weighted by atomic mass is 10.1. The van der Waals surface area contributed by atoms with Crippen LogP contribution in [-0.4, -0.2) is 9.13 Å². The summed E-state index contributed by atoms with van der Waals surface area (Å²) in [6, 6.07) is 32.3. The summed E-state index contributed by atoms with van der Waals surface area (Å²) in [6.07, 6.45) is 0. The Hall–Kier alpha value is -6.68. The summed E-state index contributed by atoms with van der Waals surface area (Å²) in [4.78, 5) is 0. The number of fused-ring (bicyclic) bond motifs is 9. The summed E-state index contributed by atoms with van der Waals surface area (Å²) < 4.78 is 113. The number of rotatable bonds is 4. The van der Waals surface area contributed by atoms with Crippen molar-refractivity contribution in [3.63, 3.8) is 0 Å². The first-order valence-corrected chi connectivity index (χ1v) is 16.6. The summed E-state index contributed by atoms with van der Waals surface area (Å²) in [5.74, 6) is 0. The van der Waals surface area contributed by atoms with Gasteiger partial charge in [-0.3, -0.25) is 0 Å². The van der Waals surface area contributed by atoms with E-state index in [1.165, 1.54) is 0 Å². The smallest absolute Gasteiger partial charge is 0.156 e. The highest BCUT2D eigenvalue weighted by Gasteiger charge is 2.47. The first kappa shape index (κ1) is 18.9. The van der Waals surface area contributed by atoms with Gasteiger partial charge in [0.15, 0.2) is 11.4 Å². The number of benzene rings is 8. The van der Waals surface area contributed by atoms with Gasteiger partial charge in [0.05, 0.1) is 55.3 Å². The summed E-state index contributed by atoms with van der Waals surface area (Å²) in [5.41, 5.74) is 5.30. The quantitative estimate of drug-likeness (QED) is 0.166. The topological polar surface area (TPSA) is 9.86 Å². The molecule has 238 valence electrons. The summed E-state index contributed by atoms with van der Waals surface area (Å²) in [5, 5.41) is 1.15. The molecule has 2 aromatic heterocycles. The van der Waals surface area contributed by atoms with Gasteiger partial charge in [-0.05, 0) is 54.5 Å². The molecule has 0 bridgehead atoms. The van der Waals surface area contributed by atoms with Crippen LogP contribution in [0.25, 0.3) is 66.1 Å². The average molecular weight is 663 g/mol. The molecule has 0 unspecified atom stereocenters. The molecule has 0 aliphatic carbocycles. The molecule has 3 nitrogen and oxygen atoms in total. The van der Waals surface area contributed by atoms with Gasteiger partial charge >= 0.3 is 0 Å². The van der Waals surface area contributed by atoms with Crippen molar-refractivity contribution in [3.8, 4) is 22.5 Å². The third kappa shape index (κ3) is 3.76. The minimum Gasteiger partial charge on any atom is -0.309 e. The number of hydrogen-bond donors (Lipinski definition) is 0. The molecular weight excluding hydrogens is 619 g/mol. The van der Waals surface area contributed by atoms with Crippen molar-refractivity contribution in [2.24, 2.45) is 0 Å². The molecule has 10 aromatic rings. The van der Waals surface area contributed by atoms with Gasteiger partial charge < -0.3 is 9.13 Å². The van der Waals surface area contributed by atoms with Gasteiger partial charge in [-0.25, -0.2) is 0 Å². The molecule has 0 spiro atoms. The molecule has 8 aromatic carbocycles. The monoisotopic (exact) mass is 662 g/mol.